The first-order chi connectivity index (χ1) is 11.5. The van der Waals surface area contributed by atoms with E-state index in [0.29, 0.717) is 5.82 Å². The highest BCUT2D eigenvalue weighted by molar-refractivity contribution is 5.88. The fourth-order valence-electron chi connectivity index (χ4n) is 4.04. The van der Waals surface area contributed by atoms with Crippen molar-refractivity contribution in [3.63, 3.8) is 0 Å². The van der Waals surface area contributed by atoms with E-state index in [1.165, 1.54) is 24.8 Å². The Morgan fingerprint density at radius 1 is 1.17 bits per heavy atom. The first-order valence-corrected chi connectivity index (χ1v) is 9.18. The fourth-order valence-corrected chi connectivity index (χ4v) is 4.04. The number of nitrogens with zero attached hydrogens (tertiary/aromatic N) is 3. The SMILES string of the molecule is CCCc1nc2c(N)nc(C)c(C)c2n1CC1(OC)CCCCC1. The van der Waals surface area contributed by atoms with Crippen LogP contribution in [0.2, 0.25) is 0 Å². The van der Waals surface area contributed by atoms with Gasteiger partial charge in [-0.1, -0.05) is 26.2 Å². The van der Waals surface area contributed by atoms with Crippen molar-refractivity contribution in [2.75, 3.05) is 12.8 Å². The maximum atomic E-state index is 6.18. The van der Waals surface area contributed by atoms with Gasteiger partial charge in [0.2, 0.25) is 0 Å². The van der Waals surface area contributed by atoms with Gasteiger partial charge in [0.15, 0.2) is 5.82 Å². The number of nitrogens with two attached hydrogens (primary N) is 1. The number of imidazole rings is 1. The molecular formula is C19H30N4O. The summed E-state index contributed by atoms with van der Waals surface area (Å²) in [5.41, 5.74) is 10.3. The molecule has 1 aliphatic carbocycles. The molecule has 2 heterocycles. The predicted octanol–water partition coefficient (Wildman–Crippen LogP) is 3.93. The summed E-state index contributed by atoms with van der Waals surface area (Å²) in [6.45, 7) is 7.20. The number of hydrogen-bond donors (Lipinski definition) is 1. The molecule has 0 bridgehead atoms. The molecule has 1 aliphatic rings. The summed E-state index contributed by atoms with van der Waals surface area (Å²) in [7, 11) is 1.86. The van der Waals surface area contributed by atoms with Gasteiger partial charge in [-0.2, -0.15) is 0 Å². The van der Waals surface area contributed by atoms with Gasteiger partial charge in [0, 0.05) is 19.2 Å². The molecule has 24 heavy (non-hydrogen) atoms. The van der Waals surface area contributed by atoms with Crippen molar-refractivity contribution in [1.29, 1.82) is 0 Å². The van der Waals surface area contributed by atoms with E-state index in [4.69, 9.17) is 15.5 Å². The first-order valence-electron chi connectivity index (χ1n) is 9.18. The van der Waals surface area contributed by atoms with Crippen LogP contribution in [0.15, 0.2) is 0 Å². The largest absolute Gasteiger partial charge is 0.382 e. The van der Waals surface area contributed by atoms with Crippen LogP contribution in [0.25, 0.3) is 11.0 Å². The molecule has 0 amide bonds. The Morgan fingerprint density at radius 3 is 2.50 bits per heavy atom. The molecule has 0 unspecified atom stereocenters. The number of fused-ring (bicyclic) bond motifs is 1. The quantitative estimate of drug-likeness (QED) is 0.902. The lowest BCUT2D eigenvalue weighted by Gasteiger charge is -2.37. The fraction of sp³-hybridized carbons (Fsp3) is 0.684. The molecular weight excluding hydrogens is 300 g/mol. The minimum absolute atomic E-state index is 0.0766. The number of ether oxygens (including phenoxy) is 1. The molecule has 1 saturated carbocycles. The van der Waals surface area contributed by atoms with Crippen LogP contribution in [0.3, 0.4) is 0 Å². The molecule has 0 radical (unpaired) electrons. The molecule has 3 rings (SSSR count). The van der Waals surface area contributed by atoms with Gasteiger partial charge in [0.05, 0.1) is 17.7 Å². The zero-order valence-corrected chi connectivity index (χ0v) is 15.5. The Bertz CT molecular complexity index is 729. The molecule has 2 aromatic heterocycles. The molecule has 0 atom stereocenters. The van der Waals surface area contributed by atoms with Crippen LogP contribution in [0, 0.1) is 13.8 Å². The molecule has 132 valence electrons. The van der Waals surface area contributed by atoms with E-state index in [0.717, 1.165) is 54.8 Å². The highest BCUT2D eigenvalue weighted by Crippen LogP contribution is 2.35. The van der Waals surface area contributed by atoms with Gasteiger partial charge in [-0.25, -0.2) is 9.97 Å². The summed E-state index contributed by atoms with van der Waals surface area (Å²) in [5.74, 6) is 1.65. The lowest BCUT2D eigenvalue weighted by molar-refractivity contribution is -0.0515. The number of rotatable bonds is 5. The van der Waals surface area contributed by atoms with Crippen LogP contribution in [0.4, 0.5) is 5.82 Å². The van der Waals surface area contributed by atoms with Crippen molar-refractivity contribution in [1.82, 2.24) is 14.5 Å². The minimum Gasteiger partial charge on any atom is -0.382 e. The van der Waals surface area contributed by atoms with Crippen LogP contribution in [0.5, 0.6) is 0 Å². The van der Waals surface area contributed by atoms with Gasteiger partial charge in [-0.05, 0) is 38.7 Å². The van der Waals surface area contributed by atoms with E-state index in [-0.39, 0.29) is 5.60 Å². The second-order valence-corrected chi connectivity index (χ2v) is 7.22. The molecule has 1 fully saturated rings. The standard InChI is InChI=1S/C19H30N4O/c1-5-9-15-22-16-17(13(2)14(3)21-18(16)20)23(15)12-19(24-4)10-7-6-8-11-19/h5-12H2,1-4H3,(H2,20,21). The Balaban J connectivity index is 2.15. The van der Waals surface area contributed by atoms with Gasteiger partial charge in [0.1, 0.15) is 11.3 Å². The Kier molecular flexibility index (Phi) is 4.81. The lowest BCUT2D eigenvalue weighted by Crippen LogP contribution is -2.39. The molecule has 2 N–H and O–H groups in total. The normalized spacial score (nSPS) is 17.5. The third-order valence-corrected chi connectivity index (χ3v) is 5.59. The molecule has 5 heteroatoms. The number of hydrogen-bond acceptors (Lipinski definition) is 4. The topological polar surface area (TPSA) is 66.0 Å². The average Bonchev–Trinajstić information content (AvgIpc) is 2.93. The minimum atomic E-state index is -0.0766. The van der Waals surface area contributed by atoms with Gasteiger partial charge < -0.3 is 15.0 Å². The summed E-state index contributed by atoms with van der Waals surface area (Å²) in [5, 5.41) is 0. The van der Waals surface area contributed by atoms with E-state index in [1.807, 2.05) is 14.0 Å². The highest BCUT2D eigenvalue weighted by Gasteiger charge is 2.34. The van der Waals surface area contributed by atoms with E-state index >= 15 is 0 Å². The Morgan fingerprint density at radius 2 is 1.88 bits per heavy atom. The number of pyridine rings is 1. The van der Waals surface area contributed by atoms with Crippen molar-refractivity contribution >= 4 is 16.9 Å². The molecule has 5 nitrogen and oxygen atoms in total. The monoisotopic (exact) mass is 330 g/mol. The number of methoxy groups -OCH3 is 1. The zero-order chi connectivity index (χ0) is 17.3. The number of aryl methyl sites for hydroxylation is 3. The average molecular weight is 330 g/mol. The summed E-state index contributed by atoms with van der Waals surface area (Å²) in [6, 6.07) is 0. The van der Waals surface area contributed by atoms with Crippen LogP contribution >= 0.6 is 0 Å². The number of nitrogen functional groups attached to an aromatic ring is 1. The Hall–Kier alpha value is -1.62. The number of anilines is 1. The van der Waals surface area contributed by atoms with Crippen molar-refractivity contribution in [2.24, 2.45) is 0 Å². The maximum absolute atomic E-state index is 6.18. The summed E-state index contributed by atoms with van der Waals surface area (Å²) < 4.78 is 8.41. The smallest absolute Gasteiger partial charge is 0.151 e. The molecule has 0 saturated heterocycles. The molecule has 0 spiro atoms. The third kappa shape index (κ3) is 2.90. The van der Waals surface area contributed by atoms with Crippen LogP contribution in [-0.4, -0.2) is 27.2 Å². The second kappa shape index (κ2) is 6.71. The van der Waals surface area contributed by atoms with Gasteiger partial charge in [0.25, 0.3) is 0 Å². The molecule has 2 aromatic rings. The van der Waals surface area contributed by atoms with Crippen LogP contribution < -0.4 is 5.73 Å². The van der Waals surface area contributed by atoms with Gasteiger partial charge >= 0.3 is 0 Å². The zero-order valence-electron chi connectivity index (χ0n) is 15.5. The van der Waals surface area contributed by atoms with Crippen LogP contribution in [-0.2, 0) is 17.7 Å². The number of aromatic nitrogens is 3. The highest BCUT2D eigenvalue weighted by atomic mass is 16.5. The van der Waals surface area contributed by atoms with Gasteiger partial charge in [-0.15, -0.1) is 0 Å². The summed E-state index contributed by atoms with van der Waals surface area (Å²) in [4.78, 5) is 9.33. The van der Waals surface area contributed by atoms with E-state index < -0.39 is 0 Å². The van der Waals surface area contributed by atoms with Crippen molar-refractivity contribution in [2.45, 2.75) is 77.9 Å². The van der Waals surface area contributed by atoms with E-state index in [2.05, 4.69) is 23.4 Å². The molecule has 0 aliphatic heterocycles. The first kappa shape index (κ1) is 17.2. The third-order valence-electron chi connectivity index (χ3n) is 5.59. The lowest BCUT2D eigenvalue weighted by atomic mass is 9.84. The van der Waals surface area contributed by atoms with E-state index in [1.54, 1.807) is 0 Å². The summed E-state index contributed by atoms with van der Waals surface area (Å²) >= 11 is 0. The second-order valence-electron chi connectivity index (χ2n) is 7.22. The Labute approximate surface area is 144 Å². The van der Waals surface area contributed by atoms with Crippen LogP contribution in [0.1, 0.15) is 62.5 Å². The summed E-state index contributed by atoms with van der Waals surface area (Å²) in [6.07, 6.45) is 8.05. The molecule has 0 aromatic carbocycles. The predicted molar refractivity (Wildman–Crippen MR) is 98.2 cm³/mol. The van der Waals surface area contributed by atoms with Crippen molar-refractivity contribution in [3.05, 3.63) is 17.1 Å². The maximum Gasteiger partial charge on any atom is 0.151 e. The van der Waals surface area contributed by atoms with E-state index in [9.17, 15) is 0 Å². The van der Waals surface area contributed by atoms with Gasteiger partial charge in [-0.3, -0.25) is 0 Å². The van der Waals surface area contributed by atoms with Crippen molar-refractivity contribution in [3.8, 4) is 0 Å². The van der Waals surface area contributed by atoms with Crippen molar-refractivity contribution < 1.29 is 4.74 Å².